The second-order valence-corrected chi connectivity index (χ2v) is 4.72. The zero-order chi connectivity index (χ0) is 16.1. The van der Waals surface area contributed by atoms with Crippen molar-refractivity contribution in [3.63, 3.8) is 0 Å². The SMILES string of the molecule is C=CC.OC1=C(c2ccc(O)cc2)COc2cccc(O)c21. The Morgan fingerprint density at radius 3 is 2.32 bits per heavy atom. The van der Waals surface area contributed by atoms with E-state index >= 15 is 0 Å². The molecular weight excluding hydrogens is 280 g/mol. The lowest BCUT2D eigenvalue weighted by Gasteiger charge is -2.21. The van der Waals surface area contributed by atoms with E-state index < -0.39 is 0 Å². The van der Waals surface area contributed by atoms with Crippen molar-refractivity contribution in [2.24, 2.45) is 0 Å². The van der Waals surface area contributed by atoms with Gasteiger partial charge in [-0.1, -0.05) is 24.3 Å². The van der Waals surface area contributed by atoms with Crippen LogP contribution >= 0.6 is 0 Å². The molecule has 0 unspecified atom stereocenters. The van der Waals surface area contributed by atoms with Gasteiger partial charge >= 0.3 is 0 Å². The summed E-state index contributed by atoms with van der Waals surface area (Å²) in [5.41, 5.74) is 1.62. The molecule has 0 saturated carbocycles. The Labute approximate surface area is 129 Å². The van der Waals surface area contributed by atoms with Gasteiger partial charge in [0.05, 0.1) is 0 Å². The molecule has 1 aliphatic rings. The standard InChI is InChI=1S/C15H12O4.C3H6/c16-10-6-4-9(5-7-10)11-8-19-13-3-1-2-12(17)14(13)15(11)18;1-3-2/h1-7,16-18H,8H2;3H,1H2,2H3. The second kappa shape index (κ2) is 6.72. The summed E-state index contributed by atoms with van der Waals surface area (Å²) in [6.45, 7) is 5.47. The van der Waals surface area contributed by atoms with Gasteiger partial charge in [0.1, 0.15) is 35.2 Å². The highest BCUT2D eigenvalue weighted by Gasteiger charge is 2.23. The van der Waals surface area contributed by atoms with Crippen LogP contribution in [0.25, 0.3) is 11.3 Å². The number of hydrogen-bond donors (Lipinski definition) is 3. The summed E-state index contributed by atoms with van der Waals surface area (Å²) in [4.78, 5) is 0. The zero-order valence-corrected chi connectivity index (χ0v) is 12.3. The van der Waals surface area contributed by atoms with Crippen molar-refractivity contribution in [1.82, 2.24) is 0 Å². The van der Waals surface area contributed by atoms with E-state index in [2.05, 4.69) is 6.58 Å². The number of ether oxygens (including phenoxy) is 1. The van der Waals surface area contributed by atoms with E-state index in [1.807, 2.05) is 6.92 Å². The number of phenolic OH excluding ortho intramolecular Hbond substituents is 2. The Bertz CT molecular complexity index is 700. The van der Waals surface area contributed by atoms with Gasteiger partial charge in [-0.15, -0.1) is 6.58 Å². The molecule has 3 rings (SSSR count). The average molecular weight is 298 g/mol. The molecule has 0 bridgehead atoms. The Balaban J connectivity index is 0.000000545. The van der Waals surface area contributed by atoms with Crippen LogP contribution in [0.2, 0.25) is 0 Å². The van der Waals surface area contributed by atoms with Gasteiger partial charge < -0.3 is 20.1 Å². The molecule has 4 nitrogen and oxygen atoms in total. The number of allylic oxidation sites excluding steroid dienone is 1. The summed E-state index contributed by atoms with van der Waals surface area (Å²) in [6, 6.07) is 11.3. The molecule has 114 valence electrons. The van der Waals surface area contributed by atoms with Gasteiger partial charge in [-0.3, -0.25) is 0 Å². The fourth-order valence-electron chi connectivity index (χ4n) is 2.13. The van der Waals surface area contributed by atoms with Gasteiger partial charge in [0.25, 0.3) is 0 Å². The topological polar surface area (TPSA) is 69.9 Å². The number of fused-ring (bicyclic) bond motifs is 1. The van der Waals surface area contributed by atoms with Crippen LogP contribution in [0.4, 0.5) is 0 Å². The summed E-state index contributed by atoms with van der Waals surface area (Å²) >= 11 is 0. The van der Waals surface area contributed by atoms with Crippen LogP contribution in [-0.4, -0.2) is 21.9 Å². The van der Waals surface area contributed by atoms with Crippen LogP contribution in [0.3, 0.4) is 0 Å². The van der Waals surface area contributed by atoms with E-state index in [0.717, 1.165) is 5.56 Å². The number of hydrogen-bond acceptors (Lipinski definition) is 4. The summed E-state index contributed by atoms with van der Waals surface area (Å²) in [5, 5.41) is 29.4. The first-order valence-corrected chi connectivity index (χ1v) is 6.82. The molecule has 1 heterocycles. The van der Waals surface area contributed by atoms with Crippen molar-refractivity contribution in [3.05, 3.63) is 66.2 Å². The number of aromatic hydroxyl groups is 2. The first kappa shape index (κ1) is 15.5. The average Bonchev–Trinajstić information content (AvgIpc) is 2.50. The second-order valence-electron chi connectivity index (χ2n) is 4.72. The van der Waals surface area contributed by atoms with E-state index in [4.69, 9.17) is 4.74 Å². The lowest BCUT2D eigenvalue weighted by molar-refractivity contribution is 0.348. The predicted octanol–water partition coefficient (Wildman–Crippen LogP) is 4.11. The summed E-state index contributed by atoms with van der Waals surface area (Å²) in [7, 11) is 0. The minimum Gasteiger partial charge on any atom is -0.508 e. The van der Waals surface area contributed by atoms with Crippen molar-refractivity contribution in [3.8, 4) is 17.2 Å². The highest BCUT2D eigenvalue weighted by molar-refractivity contribution is 5.92. The van der Waals surface area contributed by atoms with E-state index in [9.17, 15) is 15.3 Å². The van der Waals surface area contributed by atoms with Crippen LogP contribution < -0.4 is 4.74 Å². The lowest BCUT2D eigenvalue weighted by Crippen LogP contribution is -2.10. The van der Waals surface area contributed by atoms with Gasteiger partial charge in [0, 0.05) is 5.57 Å². The Hall–Kier alpha value is -2.88. The van der Waals surface area contributed by atoms with Gasteiger partial charge in [-0.2, -0.15) is 0 Å². The van der Waals surface area contributed by atoms with Crippen LogP contribution in [-0.2, 0) is 0 Å². The summed E-state index contributed by atoms with van der Waals surface area (Å²) in [5.74, 6) is 0.597. The third kappa shape index (κ3) is 3.06. The molecule has 0 saturated heterocycles. The largest absolute Gasteiger partial charge is 0.508 e. The number of benzene rings is 2. The molecule has 2 aromatic carbocycles. The highest BCUT2D eigenvalue weighted by atomic mass is 16.5. The zero-order valence-electron chi connectivity index (χ0n) is 12.3. The van der Waals surface area contributed by atoms with Crippen LogP contribution in [0.15, 0.2) is 55.1 Å². The van der Waals surface area contributed by atoms with Crippen molar-refractivity contribution in [1.29, 1.82) is 0 Å². The Morgan fingerprint density at radius 1 is 1.05 bits per heavy atom. The van der Waals surface area contributed by atoms with Gasteiger partial charge in [-0.25, -0.2) is 0 Å². The fourth-order valence-corrected chi connectivity index (χ4v) is 2.13. The fraction of sp³-hybridized carbons (Fsp3) is 0.111. The highest BCUT2D eigenvalue weighted by Crippen LogP contribution is 2.40. The van der Waals surface area contributed by atoms with Crippen LogP contribution in [0, 0.1) is 0 Å². The smallest absolute Gasteiger partial charge is 0.137 e. The lowest BCUT2D eigenvalue weighted by atomic mass is 9.98. The molecule has 0 atom stereocenters. The molecule has 0 aliphatic carbocycles. The molecule has 0 amide bonds. The van der Waals surface area contributed by atoms with Gasteiger partial charge in [-0.05, 0) is 36.8 Å². The number of aliphatic hydroxyl groups is 1. The Kier molecular flexibility index (Phi) is 4.73. The minimum atomic E-state index is -0.0222. The first-order chi connectivity index (χ1) is 10.6. The van der Waals surface area contributed by atoms with Crippen LogP contribution in [0.1, 0.15) is 18.1 Å². The molecule has 22 heavy (non-hydrogen) atoms. The minimum absolute atomic E-state index is 0.00467. The monoisotopic (exact) mass is 298 g/mol. The van der Waals surface area contributed by atoms with Crippen LogP contribution in [0.5, 0.6) is 17.2 Å². The molecular formula is C18H18O4. The van der Waals surface area contributed by atoms with E-state index in [0.29, 0.717) is 16.9 Å². The summed E-state index contributed by atoms with van der Waals surface area (Å²) < 4.78 is 5.53. The maximum atomic E-state index is 10.3. The number of aliphatic hydroxyl groups excluding tert-OH is 1. The third-order valence-electron chi connectivity index (χ3n) is 3.11. The number of rotatable bonds is 1. The summed E-state index contributed by atoms with van der Waals surface area (Å²) in [6.07, 6.45) is 1.75. The Morgan fingerprint density at radius 2 is 1.68 bits per heavy atom. The first-order valence-electron chi connectivity index (χ1n) is 6.82. The molecule has 4 heteroatoms. The molecule has 2 aromatic rings. The third-order valence-corrected chi connectivity index (χ3v) is 3.11. The van der Waals surface area contributed by atoms with Crippen molar-refractivity contribution < 1.29 is 20.1 Å². The molecule has 0 radical (unpaired) electrons. The van der Waals surface area contributed by atoms with Crippen molar-refractivity contribution in [2.45, 2.75) is 6.92 Å². The quantitative estimate of drug-likeness (QED) is 0.693. The van der Waals surface area contributed by atoms with E-state index in [1.165, 1.54) is 18.2 Å². The van der Waals surface area contributed by atoms with Gasteiger partial charge in [0.2, 0.25) is 0 Å². The van der Waals surface area contributed by atoms with Gasteiger partial charge in [0.15, 0.2) is 0 Å². The number of phenols is 2. The van der Waals surface area contributed by atoms with Crippen molar-refractivity contribution in [2.75, 3.05) is 6.61 Å². The molecule has 1 aliphatic heterocycles. The maximum Gasteiger partial charge on any atom is 0.137 e. The molecule has 0 spiro atoms. The maximum absolute atomic E-state index is 10.3. The van der Waals surface area contributed by atoms with E-state index in [-0.39, 0.29) is 23.9 Å². The predicted molar refractivity (Wildman–Crippen MR) is 87.0 cm³/mol. The van der Waals surface area contributed by atoms with Crippen molar-refractivity contribution >= 4 is 11.3 Å². The normalized spacial score (nSPS) is 12.6. The molecule has 3 N–H and O–H groups in total. The van der Waals surface area contributed by atoms with E-state index in [1.54, 1.807) is 30.3 Å². The molecule has 0 aromatic heterocycles. The molecule has 0 fully saturated rings.